The zero-order valence-corrected chi connectivity index (χ0v) is 12.7. The third-order valence-corrected chi connectivity index (χ3v) is 3.29. The number of rotatable bonds is 5. The summed E-state index contributed by atoms with van der Waals surface area (Å²) in [6.45, 7) is 1.66. The van der Waals surface area contributed by atoms with Crippen molar-refractivity contribution >= 4 is 17.6 Å². The van der Waals surface area contributed by atoms with Crippen LogP contribution in [0.15, 0.2) is 12.1 Å². The van der Waals surface area contributed by atoms with Crippen molar-refractivity contribution in [3.8, 4) is 11.5 Å². The summed E-state index contributed by atoms with van der Waals surface area (Å²) in [5.74, 6) is -1.44. The molecule has 9 heteroatoms. The van der Waals surface area contributed by atoms with E-state index in [9.17, 15) is 19.7 Å². The normalized spacial score (nSPS) is 19.9. The Balaban J connectivity index is 2.35. The van der Waals surface area contributed by atoms with Crippen molar-refractivity contribution in [2.75, 3.05) is 14.2 Å². The average molecular weight is 325 g/mol. The molecule has 0 amide bonds. The van der Waals surface area contributed by atoms with Gasteiger partial charge < -0.3 is 18.9 Å². The Kier molecular flexibility index (Phi) is 4.68. The molecule has 9 nitrogen and oxygen atoms in total. The van der Waals surface area contributed by atoms with Crippen LogP contribution in [0.3, 0.4) is 0 Å². The predicted molar refractivity (Wildman–Crippen MR) is 75.6 cm³/mol. The molecule has 1 aromatic rings. The molecule has 2 atom stereocenters. The first-order valence-corrected chi connectivity index (χ1v) is 6.69. The number of nitrogens with zero attached hydrogens (tertiary/aromatic N) is 1. The molecule has 0 radical (unpaired) electrons. The lowest BCUT2D eigenvalue weighted by Crippen LogP contribution is -2.23. The third-order valence-electron chi connectivity index (χ3n) is 3.29. The summed E-state index contributed by atoms with van der Waals surface area (Å²) < 4.78 is 19.9. The maximum atomic E-state index is 12.2. The lowest BCUT2D eigenvalue weighted by molar-refractivity contribution is -0.385. The lowest BCUT2D eigenvalue weighted by Gasteiger charge is -2.12. The maximum absolute atomic E-state index is 12.2. The van der Waals surface area contributed by atoms with Crippen molar-refractivity contribution in [3.05, 3.63) is 27.8 Å². The molecule has 1 aromatic carbocycles. The van der Waals surface area contributed by atoms with Crippen molar-refractivity contribution in [1.82, 2.24) is 0 Å². The van der Waals surface area contributed by atoms with Crippen LogP contribution in [0, 0.1) is 10.1 Å². The van der Waals surface area contributed by atoms with Gasteiger partial charge in [0.05, 0.1) is 25.2 Å². The third kappa shape index (κ3) is 3.33. The molecule has 0 unspecified atom stereocenters. The van der Waals surface area contributed by atoms with Gasteiger partial charge in [0.15, 0.2) is 11.5 Å². The molecule has 1 heterocycles. The summed E-state index contributed by atoms with van der Waals surface area (Å²) in [7, 11) is 2.64. The summed E-state index contributed by atoms with van der Waals surface area (Å²) in [6.07, 6.45) is -1.25. The van der Waals surface area contributed by atoms with Crippen molar-refractivity contribution in [2.24, 2.45) is 0 Å². The number of methoxy groups -OCH3 is 2. The van der Waals surface area contributed by atoms with Gasteiger partial charge in [-0.1, -0.05) is 0 Å². The largest absolute Gasteiger partial charge is 0.493 e. The highest BCUT2D eigenvalue weighted by atomic mass is 16.6. The fourth-order valence-corrected chi connectivity index (χ4v) is 2.19. The first kappa shape index (κ1) is 16.5. The van der Waals surface area contributed by atoms with Gasteiger partial charge in [-0.05, 0) is 6.92 Å². The van der Waals surface area contributed by atoms with Gasteiger partial charge in [0, 0.05) is 12.5 Å². The quantitative estimate of drug-likeness (QED) is 0.454. The van der Waals surface area contributed by atoms with Gasteiger partial charge in [0.2, 0.25) is 6.10 Å². The second-order valence-corrected chi connectivity index (χ2v) is 4.86. The van der Waals surface area contributed by atoms with Gasteiger partial charge in [-0.25, -0.2) is 9.59 Å². The topological polar surface area (TPSA) is 114 Å². The molecule has 0 aliphatic carbocycles. The number of nitro benzene ring substituents is 1. The highest BCUT2D eigenvalue weighted by Gasteiger charge is 2.37. The van der Waals surface area contributed by atoms with E-state index in [-0.39, 0.29) is 29.6 Å². The highest BCUT2D eigenvalue weighted by Crippen LogP contribution is 2.35. The Morgan fingerprint density at radius 3 is 2.39 bits per heavy atom. The second-order valence-electron chi connectivity index (χ2n) is 4.86. The van der Waals surface area contributed by atoms with E-state index in [1.165, 1.54) is 14.2 Å². The van der Waals surface area contributed by atoms with Crippen molar-refractivity contribution in [1.29, 1.82) is 0 Å². The number of ether oxygens (including phenoxy) is 4. The molecule has 0 aromatic heterocycles. The molecule has 1 aliphatic heterocycles. The summed E-state index contributed by atoms with van der Waals surface area (Å²) in [6, 6.07) is 2.20. The molecule has 124 valence electrons. The summed E-state index contributed by atoms with van der Waals surface area (Å²) in [5, 5.41) is 11.2. The summed E-state index contributed by atoms with van der Waals surface area (Å²) >= 11 is 0. The van der Waals surface area contributed by atoms with Gasteiger partial charge in [-0.15, -0.1) is 0 Å². The van der Waals surface area contributed by atoms with E-state index < -0.39 is 28.7 Å². The molecule has 1 saturated heterocycles. The molecule has 0 N–H and O–H groups in total. The van der Waals surface area contributed by atoms with Crippen molar-refractivity contribution in [2.45, 2.75) is 25.6 Å². The number of esters is 2. The number of nitro groups is 1. The summed E-state index contributed by atoms with van der Waals surface area (Å²) in [5.41, 5.74) is -0.841. The van der Waals surface area contributed by atoms with Crippen LogP contribution in [-0.2, 0) is 14.3 Å². The van der Waals surface area contributed by atoms with Crippen LogP contribution in [-0.4, -0.2) is 43.3 Å². The number of hydrogen-bond donors (Lipinski definition) is 0. The molecular weight excluding hydrogens is 310 g/mol. The van der Waals surface area contributed by atoms with Gasteiger partial charge >= 0.3 is 11.9 Å². The number of hydrogen-bond acceptors (Lipinski definition) is 8. The van der Waals surface area contributed by atoms with Crippen LogP contribution in [0.2, 0.25) is 0 Å². The Morgan fingerprint density at radius 2 is 1.91 bits per heavy atom. The minimum atomic E-state index is -1.08. The van der Waals surface area contributed by atoms with E-state index in [1.807, 2.05) is 0 Å². The van der Waals surface area contributed by atoms with Gasteiger partial charge in [-0.3, -0.25) is 10.1 Å². The fraction of sp³-hybridized carbons (Fsp3) is 0.429. The number of benzene rings is 1. The molecule has 0 saturated carbocycles. The van der Waals surface area contributed by atoms with E-state index >= 15 is 0 Å². The van der Waals surface area contributed by atoms with Crippen LogP contribution in [0.25, 0.3) is 0 Å². The Morgan fingerprint density at radius 1 is 1.30 bits per heavy atom. The number of cyclic esters (lactones) is 1. The average Bonchev–Trinajstić information content (AvgIpc) is 2.83. The highest BCUT2D eigenvalue weighted by molar-refractivity contribution is 5.96. The molecule has 1 fully saturated rings. The molecule has 23 heavy (non-hydrogen) atoms. The Bertz CT molecular complexity index is 656. The van der Waals surface area contributed by atoms with E-state index in [0.29, 0.717) is 0 Å². The summed E-state index contributed by atoms with van der Waals surface area (Å²) in [4.78, 5) is 34.1. The standard InChI is InChI=1S/C14H15NO8/c1-7-4-12(14(17)22-7)23-13(16)8-5-10(20-2)11(21-3)6-9(8)15(18)19/h5-7,12H,4H2,1-3H3/t7-,12-/m0/s1. The maximum Gasteiger partial charge on any atom is 0.347 e. The van der Waals surface area contributed by atoms with E-state index in [2.05, 4.69) is 0 Å². The SMILES string of the molecule is COc1cc(C(=O)O[C@H]2C[C@H](C)OC2=O)c([N+](=O)[O-])cc1OC. The van der Waals surface area contributed by atoms with Crippen LogP contribution in [0.5, 0.6) is 11.5 Å². The van der Waals surface area contributed by atoms with Gasteiger partial charge in [0.25, 0.3) is 5.69 Å². The number of carbonyl (C=O) groups excluding carboxylic acids is 2. The van der Waals surface area contributed by atoms with Gasteiger partial charge in [-0.2, -0.15) is 0 Å². The van der Waals surface area contributed by atoms with Crippen molar-refractivity contribution in [3.63, 3.8) is 0 Å². The zero-order chi connectivity index (χ0) is 17.1. The fourth-order valence-electron chi connectivity index (χ4n) is 2.19. The molecular formula is C14H15NO8. The molecule has 0 spiro atoms. The van der Waals surface area contributed by atoms with Crippen LogP contribution < -0.4 is 9.47 Å². The number of carbonyl (C=O) groups is 2. The second kappa shape index (κ2) is 6.51. The smallest absolute Gasteiger partial charge is 0.347 e. The van der Waals surface area contributed by atoms with Crippen LogP contribution >= 0.6 is 0 Å². The van der Waals surface area contributed by atoms with Gasteiger partial charge in [0.1, 0.15) is 11.7 Å². The zero-order valence-electron chi connectivity index (χ0n) is 12.7. The molecule has 2 rings (SSSR count). The van der Waals surface area contributed by atoms with Crippen molar-refractivity contribution < 1.29 is 33.5 Å². The van der Waals surface area contributed by atoms with Crippen LogP contribution in [0.4, 0.5) is 5.69 Å². The Labute approximate surface area is 131 Å². The lowest BCUT2D eigenvalue weighted by atomic mass is 10.1. The van der Waals surface area contributed by atoms with E-state index in [4.69, 9.17) is 18.9 Å². The minimum Gasteiger partial charge on any atom is -0.493 e. The Hall–Kier alpha value is -2.84. The van der Waals surface area contributed by atoms with E-state index in [0.717, 1.165) is 12.1 Å². The van der Waals surface area contributed by atoms with E-state index in [1.54, 1.807) is 6.92 Å². The minimum absolute atomic E-state index is 0.102. The monoisotopic (exact) mass is 325 g/mol. The molecule has 0 bridgehead atoms. The van der Waals surface area contributed by atoms with Crippen LogP contribution in [0.1, 0.15) is 23.7 Å². The first-order valence-electron chi connectivity index (χ1n) is 6.69. The first-order chi connectivity index (χ1) is 10.9. The predicted octanol–water partition coefficient (Wildman–Crippen LogP) is 1.47. The molecule has 1 aliphatic rings.